The molecule has 0 spiro atoms. The van der Waals surface area contributed by atoms with Gasteiger partial charge in [-0.15, -0.1) is 0 Å². The summed E-state index contributed by atoms with van der Waals surface area (Å²) in [6, 6.07) is 62.5. The van der Waals surface area contributed by atoms with E-state index in [-0.39, 0.29) is 61.7 Å². The number of carbonyl (C=O) groups is 4. The molecule has 4 N–H and O–H groups in total. The zero-order chi connectivity index (χ0) is 70.1. The summed E-state index contributed by atoms with van der Waals surface area (Å²) in [6.07, 6.45) is 12.0. The molecule has 0 aliphatic carbocycles. The molecule has 0 atom stereocenters. The number of hydrogen-bond acceptors (Lipinski definition) is 24. The Morgan fingerprint density at radius 2 is 0.490 bits per heavy atom. The van der Waals surface area contributed by atoms with Crippen LogP contribution in [0.3, 0.4) is 0 Å². The Morgan fingerprint density at radius 3 is 0.625 bits per heavy atom. The molecule has 0 aliphatic rings. The van der Waals surface area contributed by atoms with Crippen LogP contribution in [-0.4, -0.2) is 113 Å². The Kier molecular flexibility index (Phi) is 46.3. The van der Waals surface area contributed by atoms with E-state index in [1.54, 1.807) is 24.8 Å². The molecular formula is C70H60N12O12Zn2. The molecule has 12 aromatic rings. The first-order valence-electron chi connectivity index (χ1n) is 26.9. The van der Waals surface area contributed by atoms with Gasteiger partial charge in [0.1, 0.15) is 24.3 Å². The van der Waals surface area contributed by atoms with E-state index in [1.165, 1.54) is 84.4 Å². The van der Waals surface area contributed by atoms with Gasteiger partial charge in [0.15, 0.2) is 0 Å². The van der Waals surface area contributed by atoms with Crippen LogP contribution in [0.4, 0.5) is 0 Å². The number of aryl methyl sites for hydroxylation is 2. The van der Waals surface area contributed by atoms with E-state index in [0.29, 0.717) is 22.3 Å². The van der Waals surface area contributed by atoms with Crippen molar-refractivity contribution in [2.75, 3.05) is 28.4 Å². The van der Waals surface area contributed by atoms with Gasteiger partial charge in [-0.1, -0.05) is 120 Å². The molecule has 0 aliphatic heterocycles. The number of nitrogens with zero attached hydrogens (tertiary/aromatic N) is 12. The van der Waals surface area contributed by atoms with E-state index in [1.807, 2.05) is 84.9 Å². The van der Waals surface area contributed by atoms with Crippen LogP contribution in [0.25, 0.3) is 43.6 Å². The van der Waals surface area contributed by atoms with Crippen LogP contribution < -0.4 is 20.4 Å². The first kappa shape index (κ1) is 86.1. The number of hydrogen-bond donors (Lipinski definition) is 4. The minimum absolute atomic E-state index is 0. The Hall–Kier alpha value is -12.0. The number of benzene rings is 4. The predicted octanol–water partition coefficient (Wildman–Crippen LogP) is 5.25. The van der Waals surface area contributed by atoms with Crippen molar-refractivity contribution < 1.29 is 99.0 Å². The van der Waals surface area contributed by atoms with Crippen molar-refractivity contribution in [1.82, 2.24) is 39.9 Å². The summed E-state index contributed by atoms with van der Waals surface area (Å²) >= 11 is 0. The minimum Gasteiger partial charge on any atom is -0.543 e. The number of carbonyl (C=O) groups excluding carboxylic acids is 4. The van der Waals surface area contributed by atoms with E-state index < -0.39 is 23.9 Å². The molecule has 0 saturated carbocycles. The molecule has 0 saturated heterocycles. The zero-order valence-electron chi connectivity index (χ0n) is 52.8. The number of fused-ring (bicyclic) bond motifs is 6. The van der Waals surface area contributed by atoms with Gasteiger partial charge in [-0.3, -0.25) is 39.9 Å². The van der Waals surface area contributed by atoms with Crippen molar-refractivity contribution >= 4 is 67.5 Å². The third kappa shape index (κ3) is 31.9. The first-order chi connectivity index (χ1) is 45.6. The van der Waals surface area contributed by atoms with Crippen molar-refractivity contribution in [3.63, 3.8) is 0 Å². The van der Waals surface area contributed by atoms with Crippen LogP contribution in [-0.2, 0) is 39.0 Å². The van der Waals surface area contributed by atoms with Gasteiger partial charge in [-0.25, -0.2) is 0 Å². The number of aliphatic hydroxyl groups excluding tert-OH is 4. The minimum atomic E-state index is -1.34. The van der Waals surface area contributed by atoms with Crippen LogP contribution >= 0.6 is 0 Å². The number of aromatic carboxylic acids is 4. The maximum Gasteiger partial charge on any atom is 2.00 e. The van der Waals surface area contributed by atoms with Crippen molar-refractivity contribution in [2.45, 2.75) is 13.8 Å². The molecule has 24 nitrogen and oxygen atoms in total. The molecule has 96 heavy (non-hydrogen) atoms. The molecule has 12 rings (SSSR count). The molecule has 0 fully saturated rings. The molecule has 8 aromatic heterocycles. The predicted molar refractivity (Wildman–Crippen MR) is 342 cm³/mol. The summed E-state index contributed by atoms with van der Waals surface area (Å²) < 4.78 is 0. The van der Waals surface area contributed by atoms with E-state index in [9.17, 15) is 39.6 Å². The van der Waals surface area contributed by atoms with Crippen molar-refractivity contribution in [3.05, 3.63) is 288 Å². The van der Waals surface area contributed by atoms with Gasteiger partial charge in [-0.05, 0) is 86.6 Å². The number of nitriles is 4. The third-order valence-electron chi connectivity index (χ3n) is 11.0. The van der Waals surface area contributed by atoms with Gasteiger partial charge < -0.3 is 60.0 Å². The average Bonchev–Trinajstić information content (AvgIpc) is 0.820. The maximum atomic E-state index is 10.1. The van der Waals surface area contributed by atoms with Crippen LogP contribution in [0.2, 0.25) is 0 Å². The summed E-state index contributed by atoms with van der Waals surface area (Å²) in [5, 5.41) is 106. The van der Waals surface area contributed by atoms with Gasteiger partial charge in [-0.2, -0.15) is 21.0 Å². The topological polar surface area (TPSA) is 440 Å². The van der Waals surface area contributed by atoms with Crippen molar-refractivity contribution in [2.24, 2.45) is 0 Å². The molecule has 0 bridgehead atoms. The Morgan fingerprint density at radius 1 is 0.292 bits per heavy atom. The summed E-state index contributed by atoms with van der Waals surface area (Å²) in [5.41, 5.74) is 7.22. The van der Waals surface area contributed by atoms with Crippen LogP contribution in [0, 0.1) is 59.2 Å². The summed E-state index contributed by atoms with van der Waals surface area (Å²) in [7, 11) is 4.00. The third-order valence-corrected chi connectivity index (χ3v) is 11.0. The normalized spacial score (nSPS) is 8.65. The largest absolute Gasteiger partial charge is 2.00 e. The first-order valence-corrected chi connectivity index (χ1v) is 26.9. The summed E-state index contributed by atoms with van der Waals surface area (Å²) in [4.78, 5) is 71.8. The standard InChI is InChI=1S/2C12H8N2.4C7H4N2O2.2C7H8.4CH4O.2Zn/c2*1-3-9-5-6-10-4-2-8-14-12(10)11(9)13-7-1;4*8-3-5-1-2-6(7(10)11)9-4-5;2*1-7-5-3-2-4-6-7;4*1-2;;/h2*1-8H;4*1-2,4H,(H,10,11);2*2-6H,1H3;4*2H,1H3;;/q;;;;;;;;;;;;2*+2/p-4. The number of aromatic nitrogens is 8. The monoisotopic (exact) mass is 1390 g/mol. The Bertz CT molecular complexity index is 3860. The molecule has 8 heterocycles. The second-order valence-corrected chi connectivity index (χ2v) is 17.1. The fourth-order valence-corrected chi connectivity index (χ4v) is 6.75. The van der Waals surface area contributed by atoms with E-state index in [2.05, 4.69) is 127 Å². The van der Waals surface area contributed by atoms with Crippen molar-refractivity contribution in [1.29, 1.82) is 21.0 Å². The van der Waals surface area contributed by atoms with Crippen LogP contribution in [0.1, 0.15) is 75.3 Å². The molecule has 4 aromatic carbocycles. The van der Waals surface area contributed by atoms with E-state index in [0.717, 1.165) is 72.1 Å². The molecule has 0 amide bonds. The fraction of sp³-hybridized carbons (Fsp3) is 0.0857. The van der Waals surface area contributed by atoms with E-state index in [4.69, 9.17) is 41.5 Å². The number of carboxylic acid groups (broad SMARTS) is 4. The summed E-state index contributed by atoms with van der Waals surface area (Å²) in [6.45, 7) is 4.17. The zero-order valence-corrected chi connectivity index (χ0v) is 58.7. The summed E-state index contributed by atoms with van der Waals surface area (Å²) in [5.74, 6) is -5.35. The Labute approximate surface area is 578 Å². The number of pyridine rings is 8. The van der Waals surface area contributed by atoms with Crippen LogP contribution in [0.15, 0.2) is 232 Å². The SMILES string of the molecule is CO.CO.CO.CO.Cc1ccccc1.Cc1ccccc1.N#Cc1ccc(C(=O)[O-])nc1.N#Cc1ccc(C(=O)[O-])nc1.N#Cc1ccc(C(=O)[O-])nc1.N#Cc1ccc(C(=O)[O-])nc1.[Zn+2].[Zn+2].c1cnc2c(c1)ccc1cccnc12.c1cnc2c(c1)ccc1cccnc12. The molecule has 0 radical (unpaired) electrons. The quantitative estimate of drug-likeness (QED) is 0.129. The van der Waals surface area contributed by atoms with Gasteiger partial charge >= 0.3 is 39.0 Å². The number of rotatable bonds is 4. The van der Waals surface area contributed by atoms with Gasteiger partial charge in [0.2, 0.25) is 0 Å². The fourth-order valence-electron chi connectivity index (χ4n) is 6.75. The maximum absolute atomic E-state index is 10.1. The van der Waals surface area contributed by atoms with E-state index >= 15 is 0 Å². The van der Waals surface area contributed by atoms with Gasteiger partial charge in [0, 0.05) is 99.6 Å². The van der Waals surface area contributed by atoms with Crippen molar-refractivity contribution in [3.8, 4) is 24.3 Å². The van der Waals surface area contributed by atoms with Gasteiger partial charge in [0.25, 0.3) is 0 Å². The second-order valence-electron chi connectivity index (χ2n) is 17.1. The number of aliphatic hydroxyl groups is 4. The molecule has 26 heteroatoms. The molecule has 476 valence electrons. The Balaban J connectivity index is 0. The second kappa shape index (κ2) is 51.6. The number of carboxylic acids is 4. The average molecular weight is 1390 g/mol. The smallest absolute Gasteiger partial charge is 0.543 e. The van der Waals surface area contributed by atoms with Crippen LogP contribution in [0.5, 0.6) is 0 Å². The van der Waals surface area contributed by atoms with Gasteiger partial charge in [0.05, 0.1) is 91.0 Å². The molecular weight excluding hydrogens is 1330 g/mol. The molecule has 0 unspecified atom stereocenters.